The number of anilines is 1. The number of rotatable bonds is 11. The maximum absolute atomic E-state index is 14.2. The number of imidazole rings is 1. The van der Waals surface area contributed by atoms with Crippen molar-refractivity contribution in [2.75, 3.05) is 44.2 Å². The van der Waals surface area contributed by atoms with Crippen molar-refractivity contribution in [2.24, 2.45) is 13.0 Å². The molecule has 1 saturated carbocycles. The van der Waals surface area contributed by atoms with Crippen LogP contribution >= 0.6 is 12.4 Å². The van der Waals surface area contributed by atoms with E-state index in [1.165, 1.54) is 4.57 Å². The molecule has 3 fully saturated rings. The SMILES string of the molecule is Cl.Cn1c(=O)n([C@@H]2CCC(=O)NC2=O)c2ccc(CCCN3CCN(c4ncc(-c5ccc6cn(C7CCC(CNC(=O)c8cc(F)c(O)c(F)c8F)CC7)nc6c5)cn4)CC3)cc21. The minimum absolute atomic E-state index is 0. The molecule has 0 radical (unpaired) electrons. The average Bonchev–Trinajstić information content (AvgIpc) is 3.83. The fraction of sp³-hybridized carbons (Fsp3) is 0.400. The van der Waals surface area contributed by atoms with E-state index in [1.807, 2.05) is 59.7 Å². The smallest absolute Gasteiger partial charge is 0.329 e. The Hall–Kier alpha value is -6.27. The van der Waals surface area contributed by atoms with Gasteiger partial charge in [0.2, 0.25) is 23.6 Å². The Labute approximate surface area is 371 Å². The van der Waals surface area contributed by atoms with Gasteiger partial charge < -0.3 is 15.3 Å². The number of fused-ring (bicyclic) bond motifs is 2. The standard InChI is InChI=1S/C45H47F3N10O5.ClH/c1-54-37-19-26(6-11-35(37)58(45(54)63)36-12-13-38(59)52-43(36)62)3-2-14-55-15-17-56(18-16-55)44-50-23-30(24-51-44)28-7-8-29-25-57(53-34(29)20-28)31-9-4-27(5-10-31)22-49-42(61)32-21-33(46)41(60)40(48)39(32)47;/h6-8,11,19-21,23-25,27,31,36,60H,2-5,9-10,12-18,22H2,1H3,(H,49,61)(H,52,59,62);1H/t27?,31?,36-;/m1./s1. The highest BCUT2D eigenvalue weighted by Crippen LogP contribution is 2.34. The summed E-state index contributed by atoms with van der Waals surface area (Å²) in [7, 11) is 1.71. The fourth-order valence-corrected chi connectivity index (χ4v) is 9.20. The molecule has 2 saturated heterocycles. The molecule has 1 aliphatic carbocycles. The van der Waals surface area contributed by atoms with Crippen molar-refractivity contribution in [1.82, 2.24) is 44.4 Å². The zero-order chi connectivity index (χ0) is 43.9. The predicted octanol–water partition coefficient (Wildman–Crippen LogP) is 5.59. The van der Waals surface area contributed by atoms with Crippen molar-refractivity contribution in [2.45, 2.75) is 63.5 Å². The molecule has 3 aromatic carbocycles. The summed E-state index contributed by atoms with van der Waals surface area (Å²) in [4.78, 5) is 63.9. The number of benzene rings is 3. The normalized spacial score (nSPS) is 19.5. The summed E-state index contributed by atoms with van der Waals surface area (Å²) in [6, 6.07) is 12.0. The van der Waals surface area contributed by atoms with E-state index in [4.69, 9.17) is 15.1 Å². The first kappa shape index (κ1) is 44.3. The molecule has 1 atom stereocenters. The van der Waals surface area contributed by atoms with Crippen molar-refractivity contribution in [3.8, 4) is 16.9 Å². The maximum atomic E-state index is 14.2. The van der Waals surface area contributed by atoms with Crippen molar-refractivity contribution in [3.05, 3.63) is 100 Å². The van der Waals surface area contributed by atoms with Crippen LogP contribution in [-0.2, 0) is 23.1 Å². The molecule has 64 heavy (non-hydrogen) atoms. The molecule has 9 rings (SSSR count). The van der Waals surface area contributed by atoms with Gasteiger partial charge in [-0.05, 0) is 92.8 Å². The number of nitrogens with zero attached hydrogens (tertiary/aromatic N) is 8. The third-order valence-electron chi connectivity index (χ3n) is 12.9. The number of hydrogen-bond acceptors (Lipinski definition) is 10. The van der Waals surface area contributed by atoms with Gasteiger partial charge in [0, 0.05) is 75.7 Å². The van der Waals surface area contributed by atoms with Gasteiger partial charge >= 0.3 is 5.69 Å². The van der Waals surface area contributed by atoms with Gasteiger partial charge in [0.1, 0.15) is 6.04 Å². The molecule has 15 nitrogen and oxygen atoms in total. The lowest BCUT2D eigenvalue weighted by atomic mass is 9.86. The lowest BCUT2D eigenvalue weighted by Gasteiger charge is -2.34. The van der Waals surface area contributed by atoms with Crippen molar-refractivity contribution < 1.29 is 32.7 Å². The molecule has 6 aromatic rings. The average molecular weight is 901 g/mol. The van der Waals surface area contributed by atoms with E-state index in [9.17, 15) is 37.5 Å². The summed E-state index contributed by atoms with van der Waals surface area (Å²) in [6.07, 6.45) is 11.2. The number of amides is 3. The molecule has 2 aliphatic heterocycles. The van der Waals surface area contributed by atoms with E-state index < -0.39 is 46.6 Å². The minimum Gasteiger partial charge on any atom is -0.503 e. The minimum atomic E-state index is -1.79. The van der Waals surface area contributed by atoms with Crippen LogP contribution in [0.3, 0.4) is 0 Å². The number of piperidine rings is 1. The van der Waals surface area contributed by atoms with Crippen LogP contribution in [0, 0.1) is 23.4 Å². The number of hydrogen-bond donors (Lipinski definition) is 3. The number of phenolic OH excluding ortho intramolecular Hbond substituents is 1. The van der Waals surface area contributed by atoms with Gasteiger partial charge in [0.15, 0.2) is 17.4 Å². The van der Waals surface area contributed by atoms with E-state index in [0.717, 1.165) is 104 Å². The van der Waals surface area contributed by atoms with Gasteiger partial charge in [0.25, 0.3) is 5.91 Å². The lowest BCUT2D eigenvalue weighted by molar-refractivity contribution is -0.135. The van der Waals surface area contributed by atoms with E-state index in [-0.39, 0.29) is 48.9 Å². The van der Waals surface area contributed by atoms with Crippen LogP contribution in [0.2, 0.25) is 0 Å². The molecular weight excluding hydrogens is 853 g/mol. The molecule has 3 aliphatic rings. The van der Waals surface area contributed by atoms with Crippen LogP contribution in [0.15, 0.2) is 65.8 Å². The number of aromatic hydroxyl groups is 1. The Bertz CT molecular complexity index is 2800. The van der Waals surface area contributed by atoms with Crippen LogP contribution < -0.4 is 21.2 Å². The number of imide groups is 1. The molecule has 0 unspecified atom stereocenters. The quantitative estimate of drug-likeness (QED) is 0.110. The van der Waals surface area contributed by atoms with Crippen molar-refractivity contribution >= 4 is 58.0 Å². The Morgan fingerprint density at radius 1 is 0.891 bits per heavy atom. The Kier molecular flexibility index (Phi) is 12.8. The van der Waals surface area contributed by atoms with Gasteiger partial charge in [-0.3, -0.25) is 38.4 Å². The molecule has 5 heterocycles. The summed E-state index contributed by atoms with van der Waals surface area (Å²) >= 11 is 0. The largest absolute Gasteiger partial charge is 0.503 e. The number of aromatic nitrogens is 6. The summed E-state index contributed by atoms with van der Waals surface area (Å²) in [5.74, 6) is -7.10. The van der Waals surface area contributed by atoms with E-state index in [2.05, 4.69) is 20.4 Å². The molecule has 0 bridgehead atoms. The Morgan fingerprint density at radius 3 is 2.38 bits per heavy atom. The number of phenols is 1. The van der Waals surface area contributed by atoms with Crippen LogP contribution in [-0.4, -0.2) is 95.9 Å². The predicted molar refractivity (Wildman–Crippen MR) is 235 cm³/mol. The van der Waals surface area contributed by atoms with Gasteiger partial charge in [-0.15, -0.1) is 12.4 Å². The van der Waals surface area contributed by atoms with Crippen LogP contribution in [0.5, 0.6) is 5.75 Å². The van der Waals surface area contributed by atoms with Crippen molar-refractivity contribution in [3.63, 3.8) is 0 Å². The Morgan fingerprint density at radius 2 is 1.64 bits per heavy atom. The first-order valence-corrected chi connectivity index (χ1v) is 21.4. The van der Waals surface area contributed by atoms with Gasteiger partial charge in [-0.25, -0.2) is 23.5 Å². The highest BCUT2D eigenvalue weighted by molar-refractivity contribution is 6.00. The second-order valence-corrected chi connectivity index (χ2v) is 16.9. The highest BCUT2D eigenvalue weighted by atomic mass is 35.5. The molecule has 19 heteroatoms. The number of carbonyl (C=O) groups is 3. The second-order valence-electron chi connectivity index (χ2n) is 16.9. The van der Waals surface area contributed by atoms with E-state index >= 15 is 0 Å². The number of nitrogens with one attached hydrogen (secondary N) is 2. The zero-order valence-electron chi connectivity index (χ0n) is 35.1. The summed E-state index contributed by atoms with van der Waals surface area (Å²) in [5.41, 5.74) is 4.23. The number of aryl methyl sites for hydroxylation is 2. The first-order chi connectivity index (χ1) is 30.4. The summed E-state index contributed by atoms with van der Waals surface area (Å²) in [5, 5.41) is 20.1. The van der Waals surface area contributed by atoms with Crippen molar-refractivity contribution in [1.29, 1.82) is 0 Å². The van der Waals surface area contributed by atoms with Crippen LogP contribution in [0.25, 0.3) is 33.1 Å². The zero-order valence-corrected chi connectivity index (χ0v) is 35.9. The van der Waals surface area contributed by atoms with Gasteiger partial charge in [0.05, 0.1) is 28.2 Å². The Balaban J connectivity index is 0.00000560. The van der Waals surface area contributed by atoms with Gasteiger partial charge in [-0.2, -0.15) is 9.49 Å². The van der Waals surface area contributed by atoms with Gasteiger partial charge in [-0.1, -0.05) is 18.2 Å². The second kappa shape index (κ2) is 18.4. The third-order valence-corrected chi connectivity index (χ3v) is 12.9. The summed E-state index contributed by atoms with van der Waals surface area (Å²) < 4.78 is 46.7. The fourth-order valence-electron chi connectivity index (χ4n) is 9.20. The summed E-state index contributed by atoms with van der Waals surface area (Å²) in [6.45, 7) is 4.56. The third kappa shape index (κ3) is 8.80. The number of piperazine rings is 1. The molecule has 3 amide bonds. The number of carbonyl (C=O) groups excluding carboxylic acids is 3. The number of halogens is 4. The lowest BCUT2D eigenvalue weighted by Crippen LogP contribution is -2.47. The van der Waals surface area contributed by atoms with E-state index in [0.29, 0.717) is 24.0 Å². The highest BCUT2D eigenvalue weighted by Gasteiger charge is 2.32. The first-order valence-electron chi connectivity index (χ1n) is 21.4. The maximum Gasteiger partial charge on any atom is 0.329 e. The molecule has 3 N–H and O–H groups in total. The molecular formula is C45H48ClF3N10O5. The molecule has 3 aromatic heterocycles. The van der Waals surface area contributed by atoms with Crippen LogP contribution in [0.1, 0.15) is 73.0 Å². The monoisotopic (exact) mass is 900 g/mol. The molecule has 336 valence electrons. The molecule has 0 spiro atoms. The van der Waals surface area contributed by atoms with E-state index in [1.54, 1.807) is 11.6 Å². The van der Waals surface area contributed by atoms with Crippen LogP contribution in [0.4, 0.5) is 19.1 Å². The topological polar surface area (TPSA) is 173 Å².